The van der Waals surface area contributed by atoms with E-state index >= 15 is 4.39 Å². The summed E-state index contributed by atoms with van der Waals surface area (Å²) < 4.78 is 60.5. The van der Waals surface area contributed by atoms with E-state index in [1.165, 1.54) is 57.0 Å². The number of hydrogen-bond acceptors (Lipinski definition) is 7. The quantitative estimate of drug-likeness (QED) is 0.179. The van der Waals surface area contributed by atoms with Crippen LogP contribution in [0.5, 0.6) is 11.5 Å². The molecule has 9 nitrogen and oxygen atoms in total. The molecular formula is C33H25ClFN3O6S. The van der Waals surface area contributed by atoms with Gasteiger partial charge in [-0.05, 0) is 65.0 Å². The molecule has 2 aromatic heterocycles. The number of rotatable bonds is 9. The summed E-state index contributed by atoms with van der Waals surface area (Å²) in [5.41, 5.74) is 1.79. The Kier molecular flexibility index (Phi) is 8.05. The molecule has 0 amide bonds. The molecule has 1 N–H and O–H groups in total. The number of methoxy groups -OCH3 is 2. The summed E-state index contributed by atoms with van der Waals surface area (Å²) in [4.78, 5) is 15.6. The largest absolute Gasteiger partial charge is 0.497 e. The predicted molar refractivity (Wildman–Crippen MR) is 170 cm³/mol. The van der Waals surface area contributed by atoms with E-state index in [0.717, 1.165) is 4.31 Å². The molecule has 12 heteroatoms. The maximum Gasteiger partial charge on any atom is 0.265 e. The van der Waals surface area contributed by atoms with Crippen molar-refractivity contribution in [2.24, 2.45) is 0 Å². The van der Waals surface area contributed by atoms with Gasteiger partial charge in [0.05, 0.1) is 25.7 Å². The molecule has 0 aliphatic carbocycles. The standard InChI is InChI=1S/C33H25ClFN3O6S/c1-42-23-8-6-20(7-9-23)19-38(32-12-13-44-37-32)45(40,41)24-10-11-25-28(15-24)33(39)36-18-29(25)27-16-30(35)26(17-31(27)43-2)21-4-3-5-22(34)14-21/h3-18H,19H2,1-2H3,(H,36,39). The van der Waals surface area contributed by atoms with Gasteiger partial charge in [-0.25, -0.2) is 17.1 Å². The first-order valence-corrected chi connectivity index (χ1v) is 15.4. The molecule has 0 fully saturated rings. The minimum Gasteiger partial charge on any atom is -0.497 e. The van der Waals surface area contributed by atoms with Gasteiger partial charge in [-0.3, -0.25) is 4.79 Å². The van der Waals surface area contributed by atoms with Crippen LogP contribution in [0.25, 0.3) is 33.0 Å². The maximum atomic E-state index is 15.5. The lowest BCUT2D eigenvalue weighted by atomic mass is 9.96. The lowest BCUT2D eigenvalue weighted by Gasteiger charge is -2.22. The van der Waals surface area contributed by atoms with Gasteiger partial charge in [0.15, 0.2) is 5.82 Å². The second kappa shape index (κ2) is 12.1. The average molecular weight is 646 g/mol. The first-order valence-electron chi connectivity index (χ1n) is 13.5. The molecule has 6 rings (SSSR count). The Bertz CT molecular complexity index is 2190. The van der Waals surface area contributed by atoms with Gasteiger partial charge in [0.2, 0.25) is 0 Å². The number of fused-ring (bicyclic) bond motifs is 1. The number of anilines is 1. The zero-order valence-electron chi connectivity index (χ0n) is 24.0. The number of H-pyrrole nitrogens is 1. The molecule has 6 aromatic rings. The Hall–Kier alpha value is -5.13. The van der Waals surface area contributed by atoms with Gasteiger partial charge in [0.25, 0.3) is 15.6 Å². The number of halogens is 2. The van der Waals surface area contributed by atoms with Crippen LogP contribution in [0.4, 0.5) is 10.2 Å². The van der Waals surface area contributed by atoms with Crippen molar-refractivity contribution >= 4 is 38.2 Å². The van der Waals surface area contributed by atoms with Crippen molar-refractivity contribution in [3.8, 4) is 33.8 Å². The monoisotopic (exact) mass is 645 g/mol. The van der Waals surface area contributed by atoms with E-state index in [0.29, 0.717) is 44.2 Å². The molecule has 0 aliphatic rings. The second-order valence-corrected chi connectivity index (χ2v) is 12.3. The van der Waals surface area contributed by atoms with Crippen LogP contribution >= 0.6 is 11.6 Å². The molecule has 0 bridgehead atoms. The summed E-state index contributed by atoms with van der Waals surface area (Å²) in [6, 6.07) is 22.2. The van der Waals surface area contributed by atoms with Crippen LogP contribution < -0.4 is 19.3 Å². The van der Waals surface area contributed by atoms with Crippen LogP contribution in [-0.4, -0.2) is 32.8 Å². The van der Waals surface area contributed by atoms with Crippen molar-refractivity contribution in [3.63, 3.8) is 0 Å². The molecule has 4 aromatic carbocycles. The fraction of sp³-hybridized carbons (Fsp3) is 0.0909. The van der Waals surface area contributed by atoms with Crippen molar-refractivity contribution in [2.45, 2.75) is 11.4 Å². The van der Waals surface area contributed by atoms with E-state index in [1.807, 2.05) is 0 Å². The summed E-state index contributed by atoms with van der Waals surface area (Å²) in [5, 5.41) is 4.79. The highest BCUT2D eigenvalue weighted by Gasteiger charge is 2.28. The number of nitrogens with one attached hydrogen (secondary N) is 1. The normalized spacial score (nSPS) is 11.5. The molecular weight excluding hydrogens is 621 g/mol. The Morgan fingerprint density at radius 2 is 1.71 bits per heavy atom. The van der Waals surface area contributed by atoms with E-state index in [-0.39, 0.29) is 28.2 Å². The summed E-state index contributed by atoms with van der Waals surface area (Å²) in [5.74, 6) is 0.491. The molecule has 0 aliphatic heterocycles. The fourth-order valence-corrected chi connectivity index (χ4v) is 6.69. The first kappa shape index (κ1) is 29.9. The van der Waals surface area contributed by atoms with Crippen LogP contribution in [0.2, 0.25) is 5.02 Å². The molecule has 45 heavy (non-hydrogen) atoms. The predicted octanol–water partition coefficient (Wildman–Crippen LogP) is 7.06. The lowest BCUT2D eigenvalue weighted by molar-refractivity contribution is 0.414. The van der Waals surface area contributed by atoms with Crippen molar-refractivity contribution in [1.82, 2.24) is 10.1 Å². The molecule has 2 heterocycles. The van der Waals surface area contributed by atoms with E-state index in [1.54, 1.807) is 54.6 Å². The number of benzene rings is 4. The maximum absolute atomic E-state index is 15.5. The third-order valence-corrected chi connectivity index (χ3v) is 9.32. The molecule has 0 atom stereocenters. The van der Waals surface area contributed by atoms with Gasteiger partial charge in [-0.15, -0.1) is 0 Å². The SMILES string of the molecule is COc1ccc(CN(c2ccon2)S(=O)(=O)c2ccc3c(-c4cc(F)c(-c5cccc(Cl)c5)cc4OC)c[nH]c(=O)c3c2)cc1. The number of aromatic nitrogens is 2. The smallest absolute Gasteiger partial charge is 0.265 e. The van der Waals surface area contributed by atoms with Crippen LogP contribution in [0, 0.1) is 5.82 Å². The first-order chi connectivity index (χ1) is 21.7. The molecule has 0 saturated heterocycles. The number of hydrogen-bond donors (Lipinski definition) is 1. The Morgan fingerprint density at radius 1 is 0.911 bits per heavy atom. The number of pyridine rings is 1. The Labute approximate surface area is 262 Å². The van der Waals surface area contributed by atoms with Gasteiger partial charge in [-0.1, -0.05) is 47.1 Å². The molecule has 0 radical (unpaired) electrons. The van der Waals surface area contributed by atoms with Crippen molar-refractivity contribution in [2.75, 3.05) is 18.5 Å². The van der Waals surface area contributed by atoms with E-state index in [9.17, 15) is 13.2 Å². The number of sulfonamides is 1. The highest BCUT2D eigenvalue weighted by molar-refractivity contribution is 7.92. The van der Waals surface area contributed by atoms with E-state index in [4.69, 9.17) is 25.6 Å². The third-order valence-electron chi connectivity index (χ3n) is 7.34. The summed E-state index contributed by atoms with van der Waals surface area (Å²) in [6.07, 6.45) is 2.72. The van der Waals surface area contributed by atoms with Crippen molar-refractivity contribution in [1.29, 1.82) is 0 Å². The highest BCUT2D eigenvalue weighted by atomic mass is 35.5. The van der Waals surface area contributed by atoms with Crippen LogP contribution in [0.1, 0.15) is 5.56 Å². The molecule has 0 saturated carbocycles. The molecule has 0 unspecified atom stereocenters. The molecule has 228 valence electrons. The zero-order chi connectivity index (χ0) is 31.7. The number of aromatic amines is 1. The number of nitrogens with zero attached hydrogens (tertiary/aromatic N) is 2. The third kappa shape index (κ3) is 5.75. The summed E-state index contributed by atoms with van der Waals surface area (Å²) >= 11 is 6.13. The van der Waals surface area contributed by atoms with Crippen LogP contribution in [-0.2, 0) is 16.6 Å². The lowest BCUT2D eigenvalue weighted by Crippen LogP contribution is -2.31. The van der Waals surface area contributed by atoms with Gasteiger partial charge in [0, 0.05) is 39.4 Å². The summed E-state index contributed by atoms with van der Waals surface area (Å²) in [6.45, 7) is -0.0667. The second-order valence-electron chi connectivity index (χ2n) is 10.00. The van der Waals surface area contributed by atoms with Gasteiger partial charge >= 0.3 is 0 Å². The zero-order valence-corrected chi connectivity index (χ0v) is 25.5. The van der Waals surface area contributed by atoms with E-state index in [2.05, 4.69) is 10.1 Å². The Balaban J connectivity index is 1.44. The fourth-order valence-electron chi connectivity index (χ4n) is 5.08. The van der Waals surface area contributed by atoms with E-state index < -0.39 is 21.4 Å². The molecule has 0 spiro atoms. The summed E-state index contributed by atoms with van der Waals surface area (Å²) in [7, 11) is -1.26. The minimum absolute atomic E-state index is 0.0635. The number of ether oxygens (including phenoxy) is 2. The van der Waals surface area contributed by atoms with Crippen LogP contribution in [0.3, 0.4) is 0 Å². The minimum atomic E-state index is -4.25. The average Bonchev–Trinajstić information content (AvgIpc) is 3.58. The van der Waals surface area contributed by atoms with Gasteiger partial charge in [-0.2, -0.15) is 0 Å². The van der Waals surface area contributed by atoms with Crippen molar-refractivity contribution in [3.05, 3.63) is 124 Å². The van der Waals surface area contributed by atoms with Gasteiger partial charge < -0.3 is 19.0 Å². The van der Waals surface area contributed by atoms with Gasteiger partial charge in [0.1, 0.15) is 23.6 Å². The Morgan fingerprint density at radius 3 is 2.40 bits per heavy atom. The van der Waals surface area contributed by atoms with Crippen molar-refractivity contribution < 1.29 is 26.8 Å². The topological polar surface area (TPSA) is 115 Å². The van der Waals surface area contributed by atoms with Crippen LogP contribution in [0.15, 0.2) is 112 Å². The highest BCUT2D eigenvalue weighted by Crippen LogP contribution is 2.39.